The monoisotopic (exact) mass is 247 g/mol. The molecule has 5 nitrogen and oxygen atoms in total. The first-order valence-electron chi connectivity index (χ1n) is 4.51. The van der Waals surface area contributed by atoms with E-state index < -0.39 is 16.8 Å². The molecule has 1 aromatic heterocycles. The van der Waals surface area contributed by atoms with Crippen molar-refractivity contribution in [2.75, 3.05) is 14.1 Å². The zero-order valence-corrected chi connectivity index (χ0v) is 9.82. The Morgan fingerprint density at radius 3 is 2.62 bits per heavy atom. The molecule has 0 fully saturated rings. The summed E-state index contributed by atoms with van der Waals surface area (Å²) in [5.41, 5.74) is -0.405. The molecule has 0 amide bonds. The SMILES string of the molecule is CC(c1c([N+](=O)[O-])cnc(Cl)c1F)N(C)C. The molecular formula is C9H11ClFN3O2. The summed E-state index contributed by atoms with van der Waals surface area (Å²) in [5.74, 6) is -0.836. The molecule has 0 saturated heterocycles. The number of rotatable bonds is 3. The Hall–Kier alpha value is -1.27. The molecule has 1 aromatic rings. The summed E-state index contributed by atoms with van der Waals surface area (Å²) >= 11 is 5.51. The van der Waals surface area contributed by atoms with Crippen LogP contribution in [0.4, 0.5) is 10.1 Å². The molecule has 0 spiro atoms. The van der Waals surface area contributed by atoms with Crippen LogP contribution in [0.1, 0.15) is 18.5 Å². The average molecular weight is 248 g/mol. The van der Waals surface area contributed by atoms with Gasteiger partial charge in [0.25, 0.3) is 5.69 Å². The van der Waals surface area contributed by atoms with Gasteiger partial charge in [0.15, 0.2) is 11.0 Å². The van der Waals surface area contributed by atoms with Crippen molar-refractivity contribution in [3.8, 4) is 0 Å². The Morgan fingerprint density at radius 2 is 2.19 bits per heavy atom. The van der Waals surface area contributed by atoms with E-state index in [0.29, 0.717) is 0 Å². The number of hydrogen-bond donors (Lipinski definition) is 0. The molecule has 0 N–H and O–H groups in total. The van der Waals surface area contributed by atoms with Crippen LogP contribution in [0.2, 0.25) is 5.15 Å². The molecule has 1 heterocycles. The summed E-state index contributed by atoms with van der Waals surface area (Å²) in [5, 5.41) is 10.4. The number of halogens is 2. The highest BCUT2D eigenvalue weighted by molar-refractivity contribution is 6.29. The Bertz CT molecular complexity index is 425. The van der Waals surface area contributed by atoms with Crippen LogP contribution in [0, 0.1) is 15.9 Å². The molecule has 0 aliphatic carbocycles. The molecule has 0 saturated carbocycles. The molecule has 0 aliphatic rings. The largest absolute Gasteiger partial charge is 0.302 e. The van der Waals surface area contributed by atoms with Gasteiger partial charge in [0, 0.05) is 6.04 Å². The summed E-state index contributed by atoms with van der Waals surface area (Å²) < 4.78 is 13.7. The highest BCUT2D eigenvalue weighted by Gasteiger charge is 2.27. The smallest absolute Gasteiger partial charge is 0.295 e. The van der Waals surface area contributed by atoms with Crippen LogP contribution in [-0.2, 0) is 0 Å². The lowest BCUT2D eigenvalue weighted by Crippen LogP contribution is -2.19. The molecule has 88 valence electrons. The van der Waals surface area contributed by atoms with Crippen molar-refractivity contribution in [3.63, 3.8) is 0 Å². The molecule has 16 heavy (non-hydrogen) atoms. The quantitative estimate of drug-likeness (QED) is 0.468. The fourth-order valence-electron chi connectivity index (χ4n) is 1.27. The Balaban J connectivity index is 3.43. The van der Waals surface area contributed by atoms with Crippen molar-refractivity contribution >= 4 is 17.3 Å². The topological polar surface area (TPSA) is 59.3 Å². The minimum Gasteiger partial charge on any atom is -0.302 e. The minimum atomic E-state index is -0.836. The van der Waals surface area contributed by atoms with Crippen LogP contribution in [0.5, 0.6) is 0 Å². The Labute approximate surface area is 97.0 Å². The average Bonchev–Trinajstić information content (AvgIpc) is 2.20. The number of aromatic nitrogens is 1. The molecule has 0 radical (unpaired) electrons. The van der Waals surface area contributed by atoms with Gasteiger partial charge in [-0.05, 0) is 21.0 Å². The molecule has 1 unspecified atom stereocenters. The molecule has 7 heteroatoms. The molecule has 1 rings (SSSR count). The van der Waals surface area contributed by atoms with E-state index in [4.69, 9.17) is 11.6 Å². The summed E-state index contributed by atoms with van der Waals surface area (Å²) in [7, 11) is 3.39. The highest BCUT2D eigenvalue weighted by atomic mass is 35.5. The van der Waals surface area contributed by atoms with Gasteiger partial charge in [0.2, 0.25) is 0 Å². The third-order valence-electron chi connectivity index (χ3n) is 2.38. The van der Waals surface area contributed by atoms with Crippen molar-refractivity contribution in [3.05, 3.63) is 32.8 Å². The first-order chi connectivity index (χ1) is 7.36. The van der Waals surface area contributed by atoms with Gasteiger partial charge in [-0.1, -0.05) is 11.6 Å². The molecular weight excluding hydrogens is 237 g/mol. The second-order valence-corrected chi connectivity index (χ2v) is 3.92. The highest BCUT2D eigenvalue weighted by Crippen LogP contribution is 2.32. The van der Waals surface area contributed by atoms with Crippen LogP contribution in [-0.4, -0.2) is 28.9 Å². The van der Waals surface area contributed by atoms with Crippen molar-refractivity contribution in [1.29, 1.82) is 0 Å². The second kappa shape index (κ2) is 4.71. The van der Waals surface area contributed by atoms with Gasteiger partial charge in [-0.15, -0.1) is 0 Å². The first kappa shape index (κ1) is 12.8. The zero-order valence-electron chi connectivity index (χ0n) is 9.07. The van der Waals surface area contributed by atoms with Crippen molar-refractivity contribution < 1.29 is 9.31 Å². The van der Waals surface area contributed by atoms with Crippen molar-refractivity contribution in [1.82, 2.24) is 9.88 Å². The van der Waals surface area contributed by atoms with Gasteiger partial charge in [-0.3, -0.25) is 10.1 Å². The Kier molecular flexibility index (Phi) is 3.77. The standard InChI is InChI=1S/C9H11ClFN3O2/c1-5(13(2)3)7-6(14(15)16)4-12-9(10)8(7)11/h4-5H,1-3H3. The van der Waals surface area contributed by atoms with Crippen LogP contribution in [0.25, 0.3) is 0 Å². The molecule has 0 bridgehead atoms. The van der Waals surface area contributed by atoms with E-state index in [1.165, 1.54) is 0 Å². The number of hydrogen-bond acceptors (Lipinski definition) is 4. The Morgan fingerprint density at radius 1 is 1.62 bits per heavy atom. The number of pyridine rings is 1. The van der Waals surface area contributed by atoms with E-state index >= 15 is 0 Å². The lowest BCUT2D eigenvalue weighted by Gasteiger charge is -2.20. The summed E-state index contributed by atoms with van der Waals surface area (Å²) in [6.45, 7) is 1.65. The van der Waals surface area contributed by atoms with Crippen LogP contribution in [0.3, 0.4) is 0 Å². The number of nitrogens with zero attached hydrogens (tertiary/aromatic N) is 3. The van der Waals surface area contributed by atoms with E-state index in [2.05, 4.69) is 4.98 Å². The predicted octanol–water partition coefficient (Wildman–Crippen LogP) is 2.40. The van der Waals surface area contributed by atoms with Gasteiger partial charge in [-0.2, -0.15) is 0 Å². The van der Waals surface area contributed by atoms with E-state index in [1.54, 1.807) is 25.9 Å². The van der Waals surface area contributed by atoms with E-state index in [0.717, 1.165) is 6.20 Å². The van der Waals surface area contributed by atoms with Crippen LogP contribution >= 0.6 is 11.6 Å². The number of nitro groups is 1. The van der Waals surface area contributed by atoms with Gasteiger partial charge in [0.1, 0.15) is 6.20 Å². The van der Waals surface area contributed by atoms with Crippen LogP contribution < -0.4 is 0 Å². The summed E-state index contributed by atoms with van der Waals surface area (Å²) in [4.78, 5) is 15.2. The van der Waals surface area contributed by atoms with Crippen molar-refractivity contribution in [2.24, 2.45) is 0 Å². The summed E-state index contributed by atoms with van der Waals surface area (Å²) in [6, 6.07) is -0.458. The van der Waals surface area contributed by atoms with Gasteiger partial charge >= 0.3 is 0 Å². The molecule has 1 atom stereocenters. The van der Waals surface area contributed by atoms with E-state index in [9.17, 15) is 14.5 Å². The minimum absolute atomic E-state index is 0.0463. The lowest BCUT2D eigenvalue weighted by molar-refractivity contribution is -0.386. The maximum atomic E-state index is 13.7. The van der Waals surface area contributed by atoms with Gasteiger partial charge in [-0.25, -0.2) is 9.37 Å². The normalized spacial score (nSPS) is 12.9. The molecule has 0 aliphatic heterocycles. The first-order valence-corrected chi connectivity index (χ1v) is 4.88. The second-order valence-electron chi connectivity index (χ2n) is 3.56. The third-order valence-corrected chi connectivity index (χ3v) is 2.65. The predicted molar refractivity (Wildman–Crippen MR) is 58.0 cm³/mol. The van der Waals surface area contributed by atoms with Crippen LogP contribution in [0.15, 0.2) is 6.20 Å². The maximum absolute atomic E-state index is 13.7. The fourth-order valence-corrected chi connectivity index (χ4v) is 1.42. The van der Waals surface area contributed by atoms with Gasteiger partial charge in [0.05, 0.1) is 10.5 Å². The van der Waals surface area contributed by atoms with Gasteiger partial charge < -0.3 is 4.90 Å². The maximum Gasteiger partial charge on any atom is 0.295 e. The fraction of sp³-hybridized carbons (Fsp3) is 0.444. The zero-order chi connectivity index (χ0) is 12.5. The van der Waals surface area contributed by atoms with E-state index in [1.807, 2.05) is 0 Å². The third kappa shape index (κ3) is 2.28. The lowest BCUT2D eigenvalue weighted by atomic mass is 10.1. The molecule has 0 aromatic carbocycles. The summed E-state index contributed by atoms with van der Waals surface area (Å²) in [6.07, 6.45) is 0.973. The van der Waals surface area contributed by atoms with E-state index in [-0.39, 0.29) is 16.4 Å². The van der Waals surface area contributed by atoms with Crippen molar-refractivity contribution in [2.45, 2.75) is 13.0 Å².